The summed E-state index contributed by atoms with van der Waals surface area (Å²) in [5.74, 6) is -3.15. The van der Waals surface area contributed by atoms with Crippen molar-refractivity contribution in [2.45, 2.75) is 18.4 Å². The van der Waals surface area contributed by atoms with Gasteiger partial charge < -0.3 is 14.7 Å². The number of pyridine rings is 1. The standard InChI is InChI=1S/C12H11F2N3O3/c13-12(14)7-17(11(18)19)4-3-10(12)20-9-2-1-8(5-15)16-6-9/h1-2,6,10H,3-4,7H2,(H,18,19). The largest absolute Gasteiger partial charge is 0.482 e. The molecule has 1 aromatic heterocycles. The molecule has 1 aliphatic rings. The van der Waals surface area contributed by atoms with Gasteiger partial charge in [-0.05, 0) is 12.1 Å². The molecule has 1 aromatic rings. The van der Waals surface area contributed by atoms with Crippen LogP contribution in [0.4, 0.5) is 13.6 Å². The maximum atomic E-state index is 13.8. The number of hydrogen-bond donors (Lipinski definition) is 1. The molecule has 0 aliphatic carbocycles. The lowest BCUT2D eigenvalue weighted by Gasteiger charge is -2.36. The van der Waals surface area contributed by atoms with Crippen molar-refractivity contribution in [2.75, 3.05) is 13.1 Å². The maximum absolute atomic E-state index is 13.8. The van der Waals surface area contributed by atoms with Crippen LogP contribution in [0.1, 0.15) is 12.1 Å². The number of halogens is 2. The lowest BCUT2D eigenvalue weighted by Crippen LogP contribution is -2.55. The Bertz CT molecular complexity index is 542. The minimum absolute atomic E-state index is 0.0146. The SMILES string of the molecule is N#Cc1ccc(OC2CCN(C(=O)O)CC2(F)F)cn1. The first-order chi connectivity index (χ1) is 9.42. The van der Waals surface area contributed by atoms with E-state index in [4.69, 9.17) is 15.1 Å². The summed E-state index contributed by atoms with van der Waals surface area (Å²) in [7, 11) is 0. The molecule has 1 atom stereocenters. The second-order valence-electron chi connectivity index (χ2n) is 4.35. The summed E-state index contributed by atoms with van der Waals surface area (Å²) in [6.07, 6.45) is -1.70. The number of likely N-dealkylation sites (tertiary alicyclic amines) is 1. The van der Waals surface area contributed by atoms with Crippen LogP contribution in [0, 0.1) is 11.3 Å². The molecule has 6 nitrogen and oxygen atoms in total. The zero-order valence-electron chi connectivity index (χ0n) is 10.3. The first-order valence-corrected chi connectivity index (χ1v) is 5.81. The van der Waals surface area contributed by atoms with E-state index in [9.17, 15) is 13.6 Å². The van der Waals surface area contributed by atoms with Crippen LogP contribution in [0.2, 0.25) is 0 Å². The van der Waals surface area contributed by atoms with Gasteiger partial charge in [-0.2, -0.15) is 5.26 Å². The van der Waals surface area contributed by atoms with Crippen molar-refractivity contribution in [3.8, 4) is 11.8 Å². The summed E-state index contributed by atoms with van der Waals surface area (Å²) in [6.45, 7) is -0.907. The van der Waals surface area contributed by atoms with Crippen LogP contribution < -0.4 is 4.74 Å². The molecule has 1 fully saturated rings. The highest BCUT2D eigenvalue weighted by molar-refractivity contribution is 5.65. The van der Waals surface area contributed by atoms with Crippen molar-refractivity contribution in [3.05, 3.63) is 24.0 Å². The normalized spacial score (nSPS) is 21.1. The van der Waals surface area contributed by atoms with Gasteiger partial charge in [0.2, 0.25) is 0 Å². The minimum atomic E-state index is -3.27. The number of rotatable bonds is 2. The molecule has 2 heterocycles. The molecule has 0 radical (unpaired) electrons. The average Bonchev–Trinajstić information content (AvgIpc) is 2.41. The smallest absolute Gasteiger partial charge is 0.407 e. The summed E-state index contributed by atoms with van der Waals surface area (Å²) >= 11 is 0. The second kappa shape index (κ2) is 5.28. The Hall–Kier alpha value is -2.43. The molecule has 106 valence electrons. The zero-order valence-corrected chi connectivity index (χ0v) is 10.3. The lowest BCUT2D eigenvalue weighted by molar-refractivity contribution is -0.133. The number of amides is 1. The lowest BCUT2D eigenvalue weighted by atomic mass is 10.0. The monoisotopic (exact) mass is 283 g/mol. The highest BCUT2D eigenvalue weighted by Gasteiger charge is 2.47. The fourth-order valence-corrected chi connectivity index (χ4v) is 1.91. The van der Waals surface area contributed by atoms with Crippen LogP contribution in [0.5, 0.6) is 5.75 Å². The van der Waals surface area contributed by atoms with E-state index in [1.807, 2.05) is 0 Å². The predicted molar refractivity (Wildman–Crippen MR) is 62.5 cm³/mol. The zero-order chi connectivity index (χ0) is 14.8. The van der Waals surface area contributed by atoms with E-state index in [1.54, 1.807) is 6.07 Å². The third-order valence-electron chi connectivity index (χ3n) is 2.93. The predicted octanol–water partition coefficient (Wildman–Crippen LogP) is 1.72. The third-order valence-corrected chi connectivity index (χ3v) is 2.93. The Morgan fingerprint density at radius 3 is 2.85 bits per heavy atom. The Kier molecular flexibility index (Phi) is 3.70. The number of carbonyl (C=O) groups is 1. The number of carboxylic acid groups (broad SMARTS) is 1. The Morgan fingerprint density at radius 2 is 2.35 bits per heavy atom. The van der Waals surface area contributed by atoms with Gasteiger partial charge in [-0.25, -0.2) is 18.6 Å². The molecule has 20 heavy (non-hydrogen) atoms. The highest BCUT2D eigenvalue weighted by atomic mass is 19.3. The van der Waals surface area contributed by atoms with Gasteiger partial charge in [-0.15, -0.1) is 0 Å². The van der Waals surface area contributed by atoms with E-state index >= 15 is 0 Å². The topological polar surface area (TPSA) is 86.5 Å². The van der Waals surface area contributed by atoms with E-state index in [0.29, 0.717) is 4.90 Å². The minimum Gasteiger partial charge on any atom is -0.482 e. The molecule has 1 saturated heterocycles. The third kappa shape index (κ3) is 2.93. The Balaban J connectivity index is 2.06. The van der Waals surface area contributed by atoms with Crippen molar-refractivity contribution >= 4 is 6.09 Å². The Labute approximate surface area is 113 Å². The summed E-state index contributed by atoms with van der Waals surface area (Å²) in [4.78, 5) is 15.1. The summed E-state index contributed by atoms with van der Waals surface area (Å²) in [5, 5.41) is 17.3. The van der Waals surface area contributed by atoms with Crippen molar-refractivity contribution in [1.82, 2.24) is 9.88 Å². The summed E-state index contributed by atoms with van der Waals surface area (Å²) in [5.41, 5.74) is 0.157. The van der Waals surface area contributed by atoms with Gasteiger partial charge in [0.25, 0.3) is 0 Å². The molecule has 1 amide bonds. The molecule has 8 heteroatoms. The Morgan fingerprint density at radius 1 is 1.60 bits per heavy atom. The molecular weight excluding hydrogens is 272 g/mol. The molecule has 0 spiro atoms. The molecule has 1 aliphatic heterocycles. The molecule has 1 N–H and O–H groups in total. The van der Waals surface area contributed by atoms with Gasteiger partial charge in [0.05, 0.1) is 12.7 Å². The van der Waals surface area contributed by atoms with Gasteiger partial charge in [0.15, 0.2) is 6.10 Å². The summed E-state index contributed by atoms with van der Waals surface area (Å²) in [6, 6.07) is 4.55. The summed E-state index contributed by atoms with van der Waals surface area (Å²) < 4.78 is 32.8. The number of nitriles is 1. The van der Waals surface area contributed by atoms with E-state index in [0.717, 1.165) is 0 Å². The van der Waals surface area contributed by atoms with E-state index < -0.39 is 24.7 Å². The van der Waals surface area contributed by atoms with Gasteiger partial charge >= 0.3 is 12.0 Å². The number of piperidine rings is 1. The van der Waals surface area contributed by atoms with E-state index in [1.165, 1.54) is 18.3 Å². The maximum Gasteiger partial charge on any atom is 0.407 e. The molecular formula is C12H11F2N3O3. The van der Waals surface area contributed by atoms with Crippen LogP contribution in [0.25, 0.3) is 0 Å². The van der Waals surface area contributed by atoms with E-state index in [-0.39, 0.29) is 24.4 Å². The van der Waals surface area contributed by atoms with Crippen molar-refractivity contribution in [3.63, 3.8) is 0 Å². The van der Waals surface area contributed by atoms with Gasteiger partial charge in [-0.3, -0.25) is 0 Å². The van der Waals surface area contributed by atoms with Crippen LogP contribution in [0.3, 0.4) is 0 Å². The number of aromatic nitrogens is 1. The van der Waals surface area contributed by atoms with Gasteiger partial charge in [0.1, 0.15) is 17.5 Å². The number of nitrogens with zero attached hydrogens (tertiary/aromatic N) is 3. The van der Waals surface area contributed by atoms with Crippen molar-refractivity contribution in [2.24, 2.45) is 0 Å². The number of alkyl halides is 2. The van der Waals surface area contributed by atoms with Gasteiger partial charge in [-0.1, -0.05) is 0 Å². The number of ether oxygens (including phenoxy) is 1. The second-order valence-corrected chi connectivity index (χ2v) is 4.35. The molecule has 0 aromatic carbocycles. The first kappa shape index (κ1) is 14.0. The molecule has 1 unspecified atom stereocenters. The average molecular weight is 283 g/mol. The van der Waals surface area contributed by atoms with Crippen molar-refractivity contribution in [1.29, 1.82) is 5.26 Å². The quantitative estimate of drug-likeness (QED) is 0.893. The van der Waals surface area contributed by atoms with Crippen LogP contribution >= 0.6 is 0 Å². The fraction of sp³-hybridized carbons (Fsp3) is 0.417. The fourth-order valence-electron chi connectivity index (χ4n) is 1.91. The van der Waals surface area contributed by atoms with Gasteiger partial charge in [0, 0.05) is 13.0 Å². The van der Waals surface area contributed by atoms with Crippen molar-refractivity contribution < 1.29 is 23.4 Å². The first-order valence-electron chi connectivity index (χ1n) is 5.81. The van der Waals surface area contributed by atoms with E-state index in [2.05, 4.69) is 4.98 Å². The van der Waals surface area contributed by atoms with Crippen LogP contribution in [-0.4, -0.2) is 46.2 Å². The molecule has 0 bridgehead atoms. The number of hydrogen-bond acceptors (Lipinski definition) is 4. The van der Waals surface area contributed by atoms with Crippen LogP contribution in [-0.2, 0) is 0 Å². The molecule has 2 rings (SSSR count). The molecule has 0 saturated carbocycles. The highest BCUT2D eigenvalue weighted by Crippen LogP contribution is 2.30. The van der Waals surface area contributed by atoms with Crippen LogP contribution in [0.15, 0.2) is 18.3 Å².